The first kappa shape index (κ1) is 12.5. The van der Waals surface area contributed by atoms with Crippen molar-refractivity contribution in [1.82, 2.24) is 0 Å². The first-order valence-electron chi connectivity index (χ1n) is 5.20. The smallest absolute Gasteiger partial charge is 0.119 e. The summed E-state index contributed by atoms with van der Waals surface area (Å²) < 4.78 is 12.0. The van der Waals surface area contributed by atoms with E-state index >= 15 is 0 Å². The summed E-state index contributed by atoms with van der Waals surface area (Å²) in [7, 11) is 0. The van der Waals surface area contributed by atoms with Crippen LogP contribution in [0.5, 0.6) is 5.75 Å². The standard InChI is InChI=1S/C12H17BrO2/c1-3-6-14-7-8-15-11-4-5-12(13)10(2)9-11/h4-5,9H,3,6-8H2,1-2H3. The Kier molecular flexibility index (Phi) is 5.73. The number of aryl methyl sites for hydroxylation is 1. The number of ether oxygens (including phenoxy) is 2. The fourth-order valence-electron chi connectivity index (χ4n) is 1.17. The van der Waals surface area contributed by atoms with E-state index in [2.05, 4.69) is 22.9 Å². The lowest BCUT2D eigenvalue weighted by Gasteiger charge is -2.07. The zero-order chi connectivity index (χ0) is 11.1. The highest BCUT2D eigenvalue weighted by atomic mass is 79.9. The summed E-state index contributed by atoms with van der Waals surface area (Å²) in [6, 6.07) is 5.97. The number of hydrogen-bond donors (Lipinski definition) is 0. The van der Waals surface area contributed by atoms with Gasteiger partial charge in [-0.2, -0.15) is 0 Å². The van der Waals surface area contributed by atoms with Crippen molar-refractivity contribution in [2.24, 2.45) is 0 Å². The number of rotatable bonds is 6. The van der Waals surface area contributed by atoms with E-state index < -0.39 is 0 Å². The summed E-state index contributed by atoms with van der Waals surface area (Å²) in [5, 5.41) is 0. The molecule has 0 aromatic heterocycles. The summed E-state index contributed by atoms with van der Waals surface area (Å²) in [4.78, 5) is 0. The van der Waals surface area contributed by atoms with E-state index in [-0.39, 0.29) is 0 Å². The molecular formula is C12H17BrO2. The largest absolute Gasteiger partial charge is 0.491 e. The van der Waals surface area contributed by atoms with E-state index in [0.717, 1.165) is 23.2 Å². The van der Waals surface area contributed by atoms with Gasteiger partial charge in [0.1, 0.15) is 12.4 Å². The molecule has 0 heterocycles. The zero-order valence-electron chi connectivity index (χ0n) is 9.25. The Morgan fingerprint density at radius 2 is 2.00 bits per heavy atom. The molecule has 0 saturated carbocycles. The van der Waals surface area contributed by atoms with Crippen LogP contribution in [-0.2, 0) is 4.74 Å². The van der Waals surface area contributed by atoms with Crippen LogP contribution in [0.25, 0.3) is 0 Å². The second-order valence-corrected chi connectivity index (χ2v) is 4.23. The Morgan fingerprint density at radius 3 is 2.67 bits per heavy atom. The van der Waals surface area contributed by atoms with Crippen LogP contribution in [-0.4, -0.2) is 19.8 Å². The van der Waals surface area contributed by atoms with Gasteiger partial charge in [0.2, 0.25) is 0 Å². The van der Waals surface area contributed by atoms with E-state index in [0.29, 0.717) is 13.2 Å². The molecule has 0 N–H and O–H groups in total. The molecule has 0 radical (unpaired) electrons. The first-order valence-corrected chi connectivity index (χ1v) is 6.00. The predicted octanol–water partition coefficient (Wildman–Crippen LogP) is 3.56. The molecule has 84 valence electrons. The molecule has 0 aliphatic carbocycles. The van der Waals surface area contributed by atoms with Gasteiger partial charge >= 0.3 is 0 Å². The van der Waals surface area contributed by atoms with Crippen molar-refractivity contribution in [2.75, 3.05) is 19.8 Å². The number of benzene rings is 1. The minimum Gasteiger partial charge on any atom is -0.491 e. The molecule has 15 heavy (non-hydrogen) atoms. The van der Waals surface area contributed by atoms with Crippen LogP contribution in [0.1, 0.15) is 18.9 Å². The van der Waals surface area contributed by atoms with Crippen LogP contribution in [0.4, 0.5) is 0 Å². The third-order valence-electron chi connectivity index (χ3n) is 1.97. The summed E-state index contributed by atoms with van der Waals surface area (Å²) in [6.45, 7) is 6.22. The van der Waals surface area contributed by atoms with Crippen LogP contribution >= 0.6 is 15.9 Å². The molecule has 2 nitrogen and oxygen atoms in total. The highest BCUT2D eigenvalue weighted by Gasteiger charge is 1.97. The van der Waals surface area contributed by atoms with Gasteiger partial charge in [-0.05, 0) is 37.1 Å². The maximum atomic E-state index is 5.54. The van der Waals surface area contributed by atoms with Gasteiger partial charge in [0, 0.05) is 11.1 Å². The van der Waals surface area contributed by atoms with Gasteiger partial charge in [0.15, 0.2) is 0 Å². The van der Waals surface area contributed by atoms with Crippen molar-refractivity contribution in [3.05, 3.63) is 28.2 Å². The minimum absolute atomic E-state index is 0.612. The second-order valence-electron chi connectivity index (χ2n) is 3.37. The maximum Gasteiger partial charge on any atom is 0.119 e. The predicted molar refractivity (Wildman–Crippen MR) is 65.5 cm³/mol. The van der Waals surface area contributed by atoms with Crippen molar-refractivity contribution in [2.45, 2.75) is 20.3 Å². The molecule has 1 rings (SSSR count). The Hall–Kier alpha value is -0.540. The lowest BCUT2D eigenvalue weighted by molar-refractivity contribution is 0.101. The lowest BCUT2D eigenvalue weighted by Crippen LogP contribution is -2.07. The van der Waals surface area contributed by atoms with E-state index in [1.54, 1.807) is 0 Å². The Morgan fingerprint density at radius 1 is 1.20 bits per heavy atom. The van der Waals surface area contributed by atoms with Crippen LogP contribution in [0.15, 0.2) is 22.7 Å². The molecule has 3 heteroatoms. The second kappa shape index (κ2) is 6.85. The van der Waals surface area contributed by atoms with Gasteiger partial charge in [0.05, 0.1) is 6.61 Å². The van der Waals surface area contributed by atoms with E-state index in [1.807, 2.05) is 25.1 Å². The zero-order valence-corrected chi connectivity index (χ0v) is 10.8. The van der Waals surface area contributed by atoms with Gasteiger partial charge in [-0.3, -0.25) is 0 Å². The van der Waals surface area contributed by atoms with Gasteiger partial charge in [0.25, 0.3) is 0 Å². The normalized spacial score (nSPS) is 10.3. The average Bonchev–Trinajstić information content (AvgIpc) is 2.23. The molecule has 0 saturated heterocycles. The Bertz CT molecular complexity index is 300. The molecule has 0 aliphatic heterocycles. The SMILES string of the molecule is CCCOCCOc1ccc(Br)c(C)c1. The Labute approximate surface area is 99.7 Å². The number of hydrogen-bond acceptors (Lipinski definition) is 2. The summed E-state index contributed by atoms with van der Waals surface area (Å²) in [5.41, 5.74) is 1.18. The van der Waals surface area contributed by atoms with Crippen molar-refractivity contribution in [1.29, 1.82) is 0 Å². The van der Waals surface area contributed by atoms with Gasteiger partial charge in [-0.1, -0.05) is 22.9 Å². The van der Waals surface area contributed by atoms with Crippen LogP contribution in [0, 0.1) is 6.92 Å². The lowest BCUT2D eigenvalue weighted by atomic mass is 10.2. The number of halogens is 1. The van der Waals surface area contributed by atoms with Gasteiger partial charge in [-0.15, -0.1) is 0 Å². The van der Waals surface area contributed by atoms with Crippen LogP contribution < -0.4 is 4.74 Å². The molecular weight excluding hydrogens is 256 g/mol. The van der Waals surface area contributed by atoms with E-state index in [1.165, 1.54) is 5.56 Å². The van der Waals surface area contributed by atoms with Crippen molar-refractivity contribution < 1.29 is 9.47 Å². The van der Waals surface area contributed by atoms with Crippen LogP contribution in [0.2, 0.25) is 0 Å². The topological polar surface area (TPSA) is 18.5 Å². The fraction of sp³-hybridized carbons (Fsp3) is 0.500. The van der Waals surface area contributed by atoms with Crippen molar-refractivity contribution in [3.63, 3.8) is 0 Å². The molecule has 0 atom stereocenters. The maximum absolute atomic E-state index is 5.54. The van der Waals surface area contributed by atoms with E-state index in [4.69, 9.17) is 9.47 Å². The molecule has 0 fully saturated rings. The van der Waals surface area contributed by atoms with Gasteiger partial charge < -0.3 is 9.47 Å². The molecule has 0 bridgehead atoms. The summed E-state index contributed by atoms with van der Waals surface area (Å²) >= 11 is 3.45. The fourth-order valence-corrected chi connectivity index (χ4v) is 1.42. The summed E-state index contributed by atoms with van der Waals surface area (Å²) in [5.74, 6) is 0.899. The molecule has 0 spiro atoms. The quantitative estimate of drug-likeness (QED) is 0.738. The highest BCUT2D eigenvalue weighted by Crippen LogP contribution is 2.21. The molecule has 0 unspecified atom stereocenters. The van der Waals surface area contributed by atoms with Crippen molar-refractivity contribution in [3.8, 4) is 5.75 Å². The monoisotopic (exact) mass is 272 g/mol. The average molecular weight is 273 g/mol. The molecule has 1 aromatic rings. The molecule has 0 amide bonds. The first-order chi connectivity index (χ1) is 7.24. The molecule has 0 aliphatic rings. The summed E-state index contributed by atoms with van der Waals surface area (Å²) in [6.07, 6.45) is 1.05. The van der Waals surface area contributed by atoms with E-state index in [9.17, 15) is 0 Å². The minimum atomic E-state index is 0.612. The highest BCUT2D eigenvalue weighted by molar-refractivity contribution is 9.10. The molecule has 1 aromatic carbocycles. The third kappa shape index (κ3) is 4.67. The van der Waals surface area contributed by atoms with Crippen molar-refractivity contribution >= 4 is 15.9 Å². The van der Waals surface area contributed by atoms with Crippen LogP contribution in [0.3, 0.4) is 0 Å². The van der Waals surface area contributed by atoms with Gasteiger partial charge in [-0.25, -0.2) is 0 Å². The third-order valence-corrected chi connectivity index (χ3v) is 2.86. The Balaban J connectivity index is 2.28.